The van der Waals surface area contributed by atoms with Crippen LogP contribution in [0.1, 0.15) is 19.8 Å². The number of hydrogen-bond acceptors (Lipinski definition) is 5. The van der Waals surface area contributed by atoms with Crippen molar-refractivity contribution < 1.29 is 23.7 Å². The van der Waals surface area contributed by atoms with Gasteiger partial charge in [-0.1, -0.05) is 12.1 Å². The Morgan fingerprint density at radius 3 is 2.72 bits per heavy atom. The topological polar surface area (TPSA) is 78.2 Å². The highest BCUT2D eigenvalue weighted by Gasteiger charge is 2.28. The van der Waals surface area contributed by atoms with Gasteiger partial charge in [0.2, 0.25) is 0 Å². The van der Waals surface area contributed by atoms with Gasteiger partial charge < -0.3 is 24.3 Å². The van der Waals surface area contributed by atoms with E-state index in [2.05, 4.69) is 10.4 Å². The lowest BCUT2D eigenvalue weighted by molar-refractivity contribution is -1.02. The van der Waals surface area contributed by atoms with Crippen molar-refractivity contribution >= 4 is 18.1 Å². The van der Waals surface area contributed by atoms with Crippen molar-refractivity contribution in [1.29, 1.82) is 0 Å². The van der Waals surface area contributed by atoms with Crippen molar-refractivity contribution in [2.45, 2.75) is 32.5 Å². The average molecular weight is 420 g/mol. The molecule has 0 unspecified atom stereocenters. The minimum atomic E-state index is 0.183. The number of carbonyl (C=O) groups excluding carboxylic acids is 1. The van der Waals surface area contributed by atoms with Crippen LogP contribution in [0.2, 0.25) is 0 Å². The molecule has 2 heterocycles. The van der Waals surface area contributed by atoms with Gasteiger partial charge in [0.1, 0.15) is 31.9 Å². The van der Waals surface area contributed by atoms with Crippen molar-refractivity contribution in [2.24, 2.45) is 0 Å². The predicted octanol–water partition coefficient (Wildman–Crippen LogP) is -0.709. The monoisotopic (exact) mass is 419 g/mol. The molecule has 1 saturated carbocycles. The van der Waals surface area contributed by atoms with Gasteiger partial charge in [0, 0.05) is 6.04 Å². The van der Waals surface area contributed by atoms with E-state index in [0.717, 1.165) is 50.3 Å². The summed E-state index contributed by atoms with van der Waals surface area (Å²) in [5.41, 5.74) is 0.810. The number of benzene rings is 1. The Kier molecular flexibility index (Phi) is 6.27. The fourth-order valence-electron chi connectivity index (χ4n) is 3.68. The number of aromatic nitrogens is 2. The molecule has 4 rings (SSSR count). The third kappa shape index (κ3) is 5.23. The van der Waals surface area contributed by atoms with Gasteiger partial charge in [-0.2, -0.15) is 4.68 Å². The van der Waals surface area contributed by atoms with E-state index in [1.165, 1.54) is 9.80 Å². The van der Waals surface area contributed by atoms with Crippen LogP contribution in [-0.2, 0) is 11.5 Å². The molecule has 0 atom stereocenters. The lowest BCUT2D eigenvalue weighted by atomic mass is 10.2. The Morgan fingerprint density at radius 1 is 1.28 bits per heavy atom. The SMILES string of the molecule is CCOc1ccccc1-c1nn(C[NH+]2CC[NH+](CC(=O)NC3CC3)CC2)c(=S)o1. The lowest BCUT2D eigenvalue weighted by Gasteiger charge is -2.28. The van der Waals surface area contributed by atoms with Crippen LogP contribution in [0.4, 0.5) is 0 Å². The van der Waals surface area contributed by atoms with Gasteiger partial charge in [0.25, 0.3) is 16.6 Å². The van der Waals surface area contributed by atoms with Crippen molar-refractivity contribution in [3.8, 4) is 17.2 Å². The highest BCUT2D eigenvalue weighted by Crippen LogP contribution is 2.28. The zero-order valence-electron chi connectivity index (χ0n) is 16.8. The van der Waals surface area contributed by atoms with Crippen LogP contribution in [0.5, 0.6) is 5.75 Å². The molecule has 1 aliphatic heterocycles. The average Bonchev–Trinajstić information content (AvgIpc) is 3.45. The van der Waals surface area contributed by atoms with Crippen molar-refractivity contribution in [1.82, 2.24) is 15.1 Å². The Morgan fingerprint density at radius 2 is 2.00 bits per heavy atom. The van der Waals surface area contributed by atoms with Gasteiger partial charge >= 0.3 is 0 Å². The standard InChI is InChI=1S/C20H27N5O3S/c1-2-27-17-6-4-3-5-16(17)19-22-25(20(29)28-19)14-24-11-9-23(10-12-24)13-18(26)21-15-7-8-15/h3-6,15H,2,7-14H2,1H3,(H,21,26)/p+2. The van der Waals surface area contributed by atoms with E-state index in [1.54, 1.807) is 4.68 Å². The number of piperazine rings is 1. The lowest BCUT2D eigenvalue weighted by Crippen LogP contribution is -3.28. The molecule has 1 amide bonds. The first-order valence-corrected chi connectivity index (χ1v) is 10.8. The van der Waals surface area contributed by atoms with Crippen LogP contribution in [0, 0.1) is 4.84 Å². The molecule has 1 saturated heterocycles. The first-order valence-electron chi connectivity index (χ1n) is 10.4. The number of quaternary nitrogens is 2. The van der Waals surface area contributed by atoms with Gasteiger partial charge in [0.15, 0.2) is 13.2 Å². The van der Waals surface area contributed by atoms with Crippen molar-refractivity contribution in [2.75, 3.05) is 39.3 Å². The van der Waals surface area contributed by atoms with Crippen LogP contribution in [0.3, 0.4) is 0 Å². The predicted molar refractivity (Wildman–Crippen MR) is 109 cm³/mol. The highest BCUT2D eigenvalue weighted by atomic mass is 32.1. The Labute approximate surface area is 175 Å². The van der Waals surface area contributed by atoms with Gasteiger partial charge in [-0.05, 0) is 44.1 Å². The second-order valence-electron chi connectivity index (χ2n) is 7.78. The molecule has 156 valence electrons. The summed E-state index contributed by atoms with van der Waals surface area (Å²) in [7, 11) is 0. The van der Waals surface area contributed by atoms with Gasteiger partial charge in [-0.25, -0.2) is 0 Å². The zero-order valence-corrected chi connectivity index (χ0v) is 17.6. The Hall–Kier alpha value is -2.23. The second-order valence-corrected chi connectivity index (χ2v) is 8.13. The molecule has 9 heteroatoms. The minimum absolute atomic E-state index is 0.183. The zero-order chi connectivity index (χ0) is 20.2. The number of nitrogens with zero attached hydrogens (tertiary/aromatic N) is 2. The number of hydrogen-bond donors (Lipinski definition) is 3. The van der Waals surface area contributed by atoms with Crippen LogP contribution >= 0.6 is 12.2 Å². The van der Waals surface area contributed by atoms with Gasteiger partial charge in [-0.15, -0.1) is 5.10 Å². The summed E-state index contributed by atoms with van der Waals surface area (Å²) in [6.07, 6.45) is 2.27. The summed E-state index contributed by atoms with van der Waals surface area (Å²) >= 11 is 5.40. The summed E-state index contributed by atoms with van der Waals surface area (Å²) in [5.74, 6) is 1.41. The molecule has 2 fully saturated rings. The molecule has 29 heavy (non-hydrogen) atoms. The third-order valence-electron chi connectivity index (χ3n) is 5.41. The number of nitrogens with one attached hydrogen (secondary N) is 3. The first-order chi connectivity index (χ1) is 14.1. The van der Waals surface area contributed by atoms with Crippen LogP contribution < -0.4 is 19.9 Å². The molecular weight excluding hydrogens is 390 g/mol. The maximum absolute atomic E-state index is 12.0. The molecule has 2 aliphatic rings. The molecular formula is C20H29N5O3S+2. The third-order valence-corrected chi connectivity index (χ3v) is 5.71. The number of carbonyl (C=O) groups is 1. The first kappa shape index (κ1) is 20.1. The van der Waals surface area contributed by atoms with Crippen LogP contribution in [-0.4, -0.2) is 61.1 Å². The summed E-state index contributed by atoms with van der Waals surface area (Å²) in [5, 5.41) is 7.67. The minimum Gasteiger partial charge on any atom is -0.493 e. The Bertz CT molecular complexity index is 900. The Balaban J connectivity index is 1.34. The van der Waals surface area contributed by atoms with E-state index >= 15 is 0 Å². The van der Waals surface area contributed by atoms with Gasteiger partial charge in [0.05, 0.1) is 12.2 Å². The highest BCUT2D eigenvalue weighted by molar-refractivity contribution is 7.71. The van der Waals surface area contributed by atoms with Crippen LogP contribution in [0.25, 0.3) is 11.5 Å². The van der Waals surface area contributed by atoms with E-state index in [9.17, 15) is 4.79 Å². The van der Waals surface area contributed by atoms with E-state index < -0.39 is 0 Å². The smallest absolute Gasteiger partial charge is 0.292 e. The normalized spacial score (nSPS) is 21.7. The number of rotatable bonds is 8. The number of ether oxygens (including phenoxy) is 1. The molecule has 8 nitrogen and oxygen atoms in total. The second kappa shape index (κ2) is 9.06. The fourth-order valence-corrected chi connectivity index (χ4v) is 3.86. The maximum Gasteiger partial charge on any atom is 0.292 e. The molecule has 3 N–H and O–H groups in total. The van der Waals surface area contributed by atoms with Crippen molar-refractivity contribution in [3.05, 3.63) is 29.1 Å². The largest absolute Gasteiger partial charge is 0.493 e. The molecule has 1 aromatic heterocycles. The molecule has 0 bridgehead atoms. The molecule has 0 radical (unpaired) electrons. The van der Waals surface area contributed by atoms with Crippen LogP contribution in [0.15, 0.2) is 28.7 Å². The summed E-state index contributed by atoms with van der Waals surface area (Å²) in [6.45, 7) is 7.67. The quantitative estimate of drug-likeness (QED) is 0.493. The van der Waals surface area contributed by atoms with E-state index in [4.69, 9.17) is 21.4 Å². The molecule has 1 aliphatic carbocycles. The van der Waals surface area contributed by atoms with E-state index in [-0.39, 0.29) is 5.91 Å². The summed E-state index contributed by atoms with van der Waals surface area (Å²) in [6, 6.07) is 8.13. The van der Waals surface area contributed by atoms with E-state index in [1.807, 2.05) is 31.2 Å². The fraction of sp³-hybridized carbons (Fsp3) is 0.550. The van der Waals surface area contributed by atoms with Gasteiger partial charge in [-0.3, -0.25) is 4.79 Å². The molecule has 1 aromatic carbocycles. The summed E-state index contributed by atoms with van der Waals surface area (Å²) < 4.78 is 13.2. The summed E-state index contributed by atoms with van der Waals surface area (Å²) in [4.78, 5) is 15.1. The maximum atomic E-state index is 12.0. The van der Waals surface area contributed by atoms with Crippen molar-refractivity contribution in [3.63, 3.8) is 0 Å². The molecule has 2 aromatic rings. The number of amides is 1. The van der Waals surface area contributed by atoms with E-state index in [0.29, 0.717) is 36.6 Å². The molecule has 0 spiro atoms. The number of para-hydroxylation sites is 1.